The first-order valence-electron chi connectivity index (χ1n) is 13.6. The summed E-state index contributed by atoms with van der Waals surface area (Å²) in [4.78, 5) is 7.49. The Labute approximate surface area is 242 Å². The number of rotatable bonds is 12. The number of hydrogen-bond acceptors (Lipinski definition) is 7. The Morgan fingerprint density at radius 2 is 1.26 bits per heavy atom. The van der Waals surface area contributed by atoms with Crippen LogP contribution in [0.25, 0.3) is 0 Å². The number of alkyl halides is 3. The van der Waals surface area contributed by atoms with Crippen molar-refractivity contribution in [2.75, 3.05) is 13.2 Å². The summed E-state index contributed by atoms with van der Waals surface area (Å²) in [5.41, 5.74) is 1.76. The van der Waals surface area contributed by atoms with Crippen LogP contribution >= 0.6 is 0 Å². The third kappa shape index (κ3) is 8.36. The maximum absolute atomic E-state index is 13.3. The molecular weight excluding hydrogens is 549 g/mol. The summed E-state index contributed by atoms with van der Waals surface area (Å²) >= 11 is 0. The quantitative estimate of drug-likeness (QED) is 0.203. The number of ether oxygens (including phenoxy) is 5. The van der Waals surface area contributed by atoms with Crippen molar-refractivity contribution in [2.45, 2.75) is 50.4 Å². The molecule has 1 aliphatic heterocycles. The predicted octanol–water partition coefficient (Wildman–Crippen LogP) is 6.03. The van der Waals surface area contributed by atoms with Gasteiger partial charge in [0.25, 0.3) is 0 Å². The van der Waals surface area contributed by atoms with E-state index >= 15 is 0 Å². The van der Waals surface area contributed by atoms with Crippen LogP contribution in [0.1, 0.15) is 22.4 Å². The first-order valence-corrected chi connectivity index (χ1v) is 13.6. The molecule has 42 heavy (non-hydrogen) atoms. The second-order valence-electron chi connectivity index (χ2n) is 9.77. The van der Waals surface area contributed by atoms with Crippen molar-refractivity contribution in [3.8, 4) is 6.01 Å². The van der Waals surface area contributed by atoms with E-state index in [-0.39, 0.29) is 26.4 Å². The third-order valence-corrected chi connectivity index (χ3v) is 6.68. The molecule has 5 rings (SSSR count). The van der Waals surface area contributed by atoms with E-state index in [1.54, 1.807) is 0 Å². The van der Waals surface area contributed by atoms with Crippen molar-refractivity contribution in [2.24, 2.45) is 0 Å². The lowest BCUT2D eigenvalue weighted by Crippen LogP contribution is -2.58. The van der Waals surface area contributed by atoms with Crippen molar-refractivity contribution < 1.29 is 36.9 Å². The van der Waals surface area contributed by atoms with Crippen LogP contribution in [0, 0.1) is 0 Å². The van der Waals surface area contributed by atoms with Crippen molar-refractivity contribution >= 4 is 0 Å². The van der Waals surface area contributed by atoms with Crippen LogP contribution in [0.4, 0.5) is 13.2 Å². The molecule has 0 bridgehead atoms. The lowest BCUT2D eigenvalue weighted by molar-refractivity contribution is -0.230. The van der Waals surface area contributed by atoms with Crippen LogP contribution in [0.3, 0.4) is 0 Å². The second kappa shape index (κ2) is 14.4. The lowest BCUT2D eigenvalue weighted by Gasteiger charge is -2.41. The molecule has 1 aliphatic rings. The Morgan fingerprint density at radius 1 is 0.714 bits per heavy atom. The Bertz CT molecular complexity index is 1360. The van der Waals surface area contributed by atoms with Crippen molar-refractivity contribution in [3.63, 3.8) is 0 Å². The molecule has 1 aromatic heterocycles. The van der Waals surface area contributed by atoms with Crippen molar-refractivity contribution in [1.82, 2.24) is 9.97 Å². The van der Waals surface area contributed by atoms with Gasteiger partial charge in [-0.3, -0.25) is 0 Å². The summed E-state index contributed by atoms with van der Waals surface area (Å²) in [6.45, 7) is 1.05. The van der Waals surface area contributed by atoms with Gasteiger partial charge in [0.05, 0.1) is 33.0 Å². The van der Waals surface area contributed by atoms with Crippen LogP contribution in [0.15, 0.2) is 103 Å². The monoisotopic (exact) mass is 580 g/mol. The largest absolute Gasteiger partial charge is 0.455 e. The normalized spacial score (nSPS) is 20.7. The van der Waals surface area contributed by atoms with E-state index in [4.69, 9.17) is 23.7 Å². The number of aromatic nitrogens is 2. The zero-order valence-corrected chi connectivity index (χ0v) is 22.7. The summed E-state index contributed by atoms with van der Waals surface area (Å²) in [5.74, 6) is 0. The van der Waals surface area contributed by atoms with Gasteiger partial charge in [-0.05, 0) is 22.8 Å². The van der Waals surface area contributed by atoms with E-state index in [0.29, 0.717) is 6.61 Å². The summed E-state index contributed by atoms with van der Waals surface area (Å²) in [6.07, 6.45) is -6.46. The minimum atomic E-state index is -4.64. The fraction of sp³-hybridized carbons (Fsp3) is 0.312. The minimum Gasteiger partial charge on any atom is -0.455 e. The van der Waals surface area contributed by atoms with Crippen molar-refractivity contribution in [1.29, 1.82) is 0 Å². The summed E-state index contributed by atoms with van der Waals surface area (Å²) in [6, 6.07) is 29.3. The SMILES string of the molecule is FC(F)(F)c1ccnc(O[C@H]2CO[C@H](COCc3ccccc3)[C@H](OCc3ccccc3)[C@@H]2OCc2ccccc2)n1. The highest BCUT2D eigenvalue weighted by Crippen LogP contribution is 2.30. The number of nitrogens with zero attached hydrogens (tertiary/aromatic N) is 2. The molecule has 4 atom stereocenters. The van der Waals surface area contributed by atoms with Crippen LogP contribution in [0.5, 0.6) is 6.01 Å². The van der Waals surface area contributed by atoms with Gasteiger partial charge in [-0.2, -0.15) is 18.2 Å². The minimum absolute atomic E-state index is 0.00359. The molecule has 0 N–H and O–H groups in total. The van der Waals surface area contributed by atoms with Gasteiger partial charge in [-0.15, -0.1) is 0 Å². The fourth-order valence-electron chi connectivity index (χ4n) is 4.57. The highest BCUT2D eigenvalue weighted by atomic mass is 19.4. The Morgan fingerprint density at radius 3 is 1.83 bits per heavy atom. The lowest BCUT2D eigenvalue weighted by atomic mass is 9.99. The van der Waals surface area contributed by atoms with Gasteiger partial charge in [0, 0.05) is 6.20 Å². The highest BCUT2D eigenvalue weighted by Gasteiger charge is 2.44. The zero-order valence-electron chi connectivity index (χ0n) is 22.7. The standard InChI is InChI=1S/C32H31F3N2O5/c33-32(34,35)28-16-17-36-31(37-28)42-27-22-39-26(21-38-18-23-10-4-1-5-11-23)29(40-19-24-12-6-2-7-13-24)30(27)41-20-25-14-8-3-9-15-25/h1-17,26-27,29-30H,18-22H2/t26-,27+,29+,30-/m1/s1. The van der Waals surface area contributed by atoms with Crippen LogP contribution in [-0.4, -0.2) is 47.6 Å². The van der Waals surface area contributed by atoms with Crippen LogP contribution in [0.2, 0.25) is 0 Å². The molecular formula is C32H31F3N2O5. The first kappa shape index (κ1) is 29.7. The molecule has 4 aromatic rings. The van der Waals surface area contributed by atoms with Gasteiger partial charge in [0.2, 0.25) is 0 Å². The molecule has 0 saturated carbocycles. The second-order valence-corrected chi connectivity index (χ2v) is 9.77. The van der Waals surface area contributed by atoms with Gasteiger partial charge >= 0.3 is 12.2 Å². The Balaban J connectivity index is 1.38. The Kier molecular flexibility index (Phi) is 10.1. The Hall–Kier alpha value is -3.83. The zero-order chi connectivity index (χ0) is 29.2. The van der Waals surface area contributed by atoms with E-state index in [1.165, 1.54) is 0 Å². The molecule has 1 saturated heterocycles. The van der Waals surface area contributed by atoms with E-state index in [0.717, 1.165) is 29.0 Å². The van der Waals surface area contributed by atoms with Gasteiger partial charge in [-0.1, -0.05) is 91.0 Å². The molecule has 10 heteroatoms. The van der Waals surface area contributed by atoms with E-state index in [2.05, 4.69) is 9.97 Å². The molecule has 0 radical (unpaired) electrons. The summed E-state index contributed by atoms with van der Waals surface area (Å²) < 4.78 is 70.8. The molecule has 0 amide bonds. The molecule has 3 aromatic carbocycles. The molecule has 7 nitrogen and oxygen atoms in total. The molecule has 0 spiro atoms. The van der Waals surface area contributed by atoms with E-state index in [1.807, 2.05) is 91.0 Å². The molecule has 2 heterocycles. The number of hydrogen-bond donors (Lipinski definition) is 0. The molecule has 220 valence electrons. The number of halogens is 3. The maximum atomic E-state index is 13.3. The summed E-state index contributed by atoms with van der Waals surface area (Å²) in [7, 11) is 0. The smallest absolute Gasteiger partial charge is 0.433 e. The van der Waals surface area contributed by atoms with Crippen LogP contribution in [-0.2, 0) is 44.9 Å². The average Bonchev–Trinajstić information content (AvgIpc) is 3.01. The van der Waals surface area contributed by atoms with Gasteiger partial charge < -0.3 is 23.7 Å². The molecule has 0 unspecified atom stereocenters. The van der Waals surface area contributed by atoms with E-state index < -0.39 is 42.3 Å². The predicted molar refractivity (Wildman–Crippen MR) is 147 cm³/mol. The number of benzene rings is 3. The third-order valence-electron chi connectivity index (χ3n) is 6.68. The van der Waals surface area contributed by atoms with Crippen molar-refractivity contribution in [3.05, 3.63) is 126 Å². The van der Waals surface area contributed by atoms with Gasteiger partial charge in [0.1, 0.15) is 18.3 Å². The first-order chi connectivity index (χ1) is 20.5. The molecule has 0 aliphatic carbocycles. The average molecular weight is 581 g/mol. The maximum Gasteiger partial charge on any atom is 0.433 e. The van der Waals surface area contributed by atoms with Crippen LogP contribution < -0.4 is 4.74 Å². The highest BCUT2D eigenvalue weighted by molar-refractivity contribution is 5.16. The van der Waals surface area contributed by atoms with E-state index in [9.17, 15) is 13.2 Å². The van der Waals surface area contributed by atoms with Gasteiger partial charge in [-0.25, -0.2) is 4.98 Å². The summed E-state index contributed by atoms with van der Waals surface area (Å²) in [5, 5.41) is 0. The van der Waals surface area contributed by atoms with Gasteiger partial charge in [0.15, 0.2) is 11.8 Å². The topological polar surface area (TPSA) is 71.9 Å². The fourth-order valence-corrected chi connectivity index (χ4v) is 4.57. The molecule has 1 fully saturated rings.